The largest absolute Gasteiger partial charge is 0.497 e. The molecule has 1 aliphatic carbocycles. The van der Waals surface area contributed by atoms with Gasteiger partial charge in [-0.3, -0.25) is 14.5 Å². The number of piperidine rings is 1. The molecule has 1 aliphatic heterocycles. The van der Waals surface area contributed by atoms with Crippen LogP contribution >= 0.6 is 0 Å². The molecule has 2 aromatic rings. The number of esters is 1. The van der Waals surface area contributed by atoms with E-state index in [1.165, 1.54) is 6.92 Å². The predicted molar refractivity (Wildman–Crippen MR) is 150 cm³/mol. The van der Waals surface area contributed by atoms with Crippen LogP contribution in [0.2, 0.25) is 0 Å². The van der Waals surface area contributed by atoms with Crippen LogP contribution in [-0.4, -0.2) is 66.6 Å². The van der Waals surface area contributed by atoms with Gasteiger partial charge in [0, 0.05) is 43.6 Å². The summed E-state index contributed by atoms with van der Waals surface area (Å²) in [7, 11) is 1.68. The van der Waals surface area contributed by atoms with E-state index in [-0.39, 0.29) is 17.9 Å². The van der Waals surface area contributed by atoms with Crippen molar-refractivity contribution in [1.82, 2.24) is 9.80 Å². The van der Waals surface area contributed by atoms with Crippen molar-refractivity contribution in [1.29, 1.82) is 0 Å². The number of rotatable bonds is 9. The highest BCUT2D eigenvalue weighted by atomic mass is 16.6. The van der Waals surface area contributed by atoms with Crippen LogP contribution < -0.4 is 4.74 Å². The fraction of sp³-hybridized carbons (Fsp3) is 0.500. The molecule has 4 rings (SSSR count). The van der Waals surface area contributed by atoms with Crippen LogP contribution in [0.15, 0.2) is 67.3 Å². The Labute approximate surface area is 227 Å². The van der Waals surface area contributed by atoms with Crippen LogP contribution in [0.25, 0.3) is 0 Å². The van der Waals surface area contributed by atoms with E-state index in [0.29, 0.717) is 31.0 Å². The Balaban J connectivity index is 1.81. The van der Waals surface area contributed by atoms with Gasteiger partial charge in [0.25, 0.3) is 5.91 Å². The third-order valence-electron chi connectivity index (χ3n) is 8.30. The Morgan fingerprint density at radius 2 is 1.92 bits per heavy atom. The highest BCUT2D eigenvalue weighted by molar-refractivity contribution is 5.94. The minimum atomic E-state index is -0.706. The number of benzene rings is 2. The third kappa shape index (κ3) is 5.51. The van der Waals surface area contributed by atoms with E-state index in [4.69, 9.17) is 9.47 Å². The van der Waals surface area contributed by atoms with Crippen molar-refractivity contribution in [2.75, 3.05) is 33.3 Å². The molecule has 0 N–H and O–H groups in total. The predicted octanol–water partition coefficient (Wildman–Crippen LogP) is 5.48. The monoisotopic (exact) mass is 518 g/mol. The number of nitrogens with zero attached hydrogens (tertiary/aromatic N) is 2. The molecule has 0 radical (unpaired) electrons. The normalized spacial score (nSPS) is 25.3. The van der Waals surface area contributed by atoms with Crippen LogP contribution in [0.3, 0.4) is 0 Å². The number of methoxy groups -OCH3 is 1. The van der Waals surface area contributed by atoms with Crippen LogP contribution in [0.4, 0.5) is 0 Å². The lowest BCUT2D eigenvalue weighted by Gasteiger charge is -2.60. The van der Waals surface area contributed by atoms with Crippen molar-refractivity contribution in [3.05, 3.63) is 78.4 Å². The number of amides is 1. The van der Waals surface area contributed by atoms with E-state index in [9.17, 15) is 9.59 Å². The first kappa shape index (κ1) is 27.9. The van der Waals surface area contributed by atoms with Gasteiger partial charge < -0.3 is 14.4 Å². The average Bonchev–Trinajstić information content (AvgIpc) is 2.91. The molecule has 6 nitrogen and oxygen atoms in total. The van der Waals surface area contributed by atoms with E-state index >= 15 is 0 Å². The van der Waals surface area contributed by atoms with Gasteiger partial charge in [-0.25, -0.2) is 0 Å². The van der Waals surface area contributed by atoms with Gasteiger partial charge in [-0.15, -0.1) is 6.58 Å². The Kier molecular flexibility index (Phi) is 8.61. The summed E-state index contributed by atoms with van der Waals surface area (Å²) >= 11 is 0. The van der Waals surface area contributed by atoms with Crippen LogP contribution in [0.1, 0.15) is 62.4 Å². The molecule has 204 valence electrons. The summed E-state index contributed by atoms with van der Waals surface area (Å²) in [5.74, 6) is 0.901. The minimum Gasteiger partial charge on any atom is -0.497 e. The Hall–Kier alpha value is -3.12. The molecule has 6 heteroatoms. The van der Waals surface area contributed by atoms with Crippen molar-refractivity contribution in [2.45, 2.75) is 63.5 Å². The van der Waals surface area contributed by atoms with Gasteiger partial charge in [0.1, 0.15) is 11.4 Å². The first-order valence-corrected chi connectivity index (χ1v) is 13.8. The number of carbonyl (C=O) groups is 2. The fourth-order valence-electron chi connectivity index (χ4n) is 6.72. The minimum absolute atomic E-state index is 0.0194. The molecule has 1 saturated carbocycles. The maximum absolute atomic E-state index is 13.9. The molecule has 2 unspecified atom stereocenters. The molecular formula is C32H42N2O4. The standard InChI is InChI=1S/C32H42N2O4/c1-6-18-33-19-17-31(27-13-10-14-29(20-27)37-5)21-28(15-16-32(31,23-33)38-25(4)35)34(22-24(2)3)30(36)26-11-8-7-9-12-26/h6-14,20,24,28H,1,15-19,21-23H2,2-5H3/t28-,31?,32?/m1/s1. The van der Waals surface area contributed by atoms with Crippen molar-refractivity contribution < 1.29 is 19.1 Å². The van der Waals surface area contributed by atoms with Crippen LogP contribution in [0.5, 0.6) is 5.75 Å². The molecule has 1 amide bonds. The van der Waals surface area contributed by atoms with Gasteiger partial charge in [-0.1, -0.05) is 50.3 Å². The lowest BCUT2D eigenvalue weighted by atomic mass is 9.54. The lowest BCUT2D eigenvalue weighted by Crippen LogP contribution is -2.68. The zero-order valence-electron chi connectivity index (χ0n) is 23.3. The quantitative estimate of drug-likeness (QED) is 0.325. The smallest absolute Gasteiger partial charge is 0.303 e. The van der Waals surface area contributed by atoms with E-state index in [1.54, 1.807) is 7.11 Å². The van der Waals surface area contributed by atoms with Crippen molar-refractivity contribution in [3.63, 3.8) is 0 Å². The molecule has 2 aromatic carbocycles. The topological polar surface area (TPSA) is 59.1 Å². The second-order valence-corrected chi connectivity index (χ2v) is 11.3. The molecule has 2 fully saturated rings. The van der Waals surface area contributed by atoms with Gasteiger partial charge >= 0.3 is 5.97 Å². The van der Waals surface area contributed by atoms with E-state index < -0.39 is 11.0 Å². The molecule has 0 spiro atoms. The maximum atomic E-state index is 13.9. The van der Waals surface area contributed by atoms with Crippen molar-refractivity contribution in [2.24, 2.45) is 5.92 Å². The Bertz CT molecular complexity index is 1130. The maximum Gasteiger partial charge on any atom is 0.303 e. The summed E-state index contributed by atoms with van der Waals surface area (Å²) in [6, 6.07) is 17.8. The number of likely N-dealkylation sites (tertiary alicyclic amines) is 1. The highest BCUT2D eigenvalue weighted by Gasteiger charge is 2.61. The highest BCUT2D eigenvalue weighted by Crippen LogP contribution is 2.55. The van der Waals surface area contributed by atoms with E-state index in [1.807, 2.05) is 48.5 Å². The van der Waals surface area contributed by atoms with Gasteiger partial charge in [-0.2, -0.15) is 0 Å². The first-order chi connectivity index (χ1) is 18.2. The second-order valence-electron chi connectivity index (χ2n) is 11.3. The van der Waals surface area contributed by atoms with Gasteiger partial charge in [0.15, 0.2) is 0 Å². The zero-order valence-corrected chi connectivity index (χ0v) is 23.3. The molecule has 0 bridgehead atoms. The fourth-order valence-corrected chi connectivity index (χ4v) is 6.72. The SMILES string of the molecule is C=CCN1CCC2(c3cccc(OC)c3)C[C@H](N(CC(C)C)C(=O)c3ccccc3)CCC2(OC(C)=O)C1. The van der Waals surface area contributed by atoms with E-state index in [0.717, 1.165) is 43.7 Å². The first-order valence-electron chi connectivity index (χ1n) is 13.8. The molecule has 0 aromatic heterocycles. The summed E-state index contributed by atoms with van der Waals surface area (Å²) in [6.45, 7) is 12.7. The van der Waals surface area contributed by atoms with Crippen LogP contribution in [0, 0.1) is 5.92 Å². The summed E-state index contributed by atoms with van der Waals surface area (Å²) in [6.07, 6.45) is 4.90. The third-order valence-corrected chi connectivity index (χ3v) is 8.30. The molecule has 38 heavy (non-hydrogen) atoms. The number of hydrogen-bond donors (Lipinski definition) is 0. The average molecular weight is 519 g/mol. The second kappa shape index (κ2) is 11.7. The number of ether oxygens (including phenoxy) is 2. The Morgan fingerprint density at radius 1 is 1.16 bits per heavy atom. The molecule has 3 atom stereocenters. The summed E-state index contributed by atoms with van der Waals surface area (Å²) in [4.78, 5) is 30.9. The lowest BCUT2D eigenvalue weighted by molar-refractivity contribution is -0.188. The summed E-state index contributed by atoms with van der Waals surface area (Å²) in [5.41, 5.74) is 0.654. The molecule has 2 aliphatic rings. The van der Waals surface area contributed by atoms with Crippen LogP contribution in [-0.2, 0) is 14.9 Å². The number of fused-ring (bicyclic) bond motifs is 1. The summed E-state index contributed by atoms with van der Waals surface area (Å²) < 4.78 is 12.0. The summed E-state index contributed by atoms with van der Waals surface area (Å²) in [5, 5.41) is 0. The van der Waals surface area contributed by atoms with Gasteiger partial charge in [-0.05, 0) is 68.0 Å². The molecular weight excluding hydrogens is 476 g/mol. The number of carbonyl (C=O) groups excluding carboxylic acids is 2. The Morgan fingerprint density at radius 3 is 2.58 bits per heavy atom. The van der Waals surface area contributed by atoms with Crippen molar-refractivity contribution >= 4 is 11.9 Å². The van der Waals surface area contributed by atoms with Gasteiger partial charge in [0.2, 0.25) is 0 Å². The van der Waals surface area contributed by atoms with Crippen molar-refractivity contribution in [3.8, 4) is 5.75 Å². The van der Waals surface area contributed by atoms with E-state index in [2.05, 4.69) is 42.4 Å². The molecule has 1 heterocycles. The number of hydrogen-bond acceptors (Lipinski definition) is 5. The molecule has 1 saturated heterocycles. The zero-order chi connectivity index (χ0) is 27.3. The van der Waals surface area contributed by atoms with Gasteiger partial charge in [0.05, 0.1) is 7.11 Å².